The van der Waals surface area contributed by atoms with Crippen molar-refractivity contribution in [1.82, 2.24) is 14.9 Å². The summed E-state index contributed by atoms with van der Waals surface area (Å²) in [5.74, 6) is -1.41. The number of rotatable bonds is 5. The van der Waals surface area contributed by atoms with Gasteiger partial charge in [-0.3, -0.25) is 9.78 Å². The van der Waals surface area contributed by atoms with E-state index in [2.05, 4.69) is 9.97 Å². The van der Waals surface area contributed by atoms with Crippen LogP contribution in [0.1, 0.15) is 32.9 Å². The summed E-state index contributed by atoms with van der Waals surface area (Å²) in [6, 6.07) is 5.49. The molecule has 1 amide bonds. The van der Waals surface area contributed by atoms with Crippen molar-refractivity contribution in [1.29, 1.82) is 0 Å². The van der Waals surface area contributed by atoms with Crippen LogP contribution >= 0.6 is 11.3 Å². The number of carbonyl (C=O) groups excluding carboxylic acids is 1. The minimum Gasteiger partial charge on any atom is -0.476 e. The third kappa shape index (κ3) is 3.18. The first-order valence-electron chi connectivity index (χ1n) is 5.99. The molecular weight excluding hydrogens is 278 g/mol. The van der Waals surface area contributed by atoms with Gasteiger partial charge in [0.05, 0.1) is 12.2 Å². The second-order valence-corrected chi connectivity index (χ2v) is 4.84. The first-order chi connectivity index (χ1) is 9.61. The van der Waals surface area contributed by atoms with Crippen molar-refractivity contribution in [2.45, 2.75) is 13.5 Å². The van der Waals surface area contributed by atoms with Gasteiger partial charge >= 0.3 is 5.97 Å². The molecular formula is C13H13N3O3S. The second kappa shape index (κ2) is 6.25. The molecule has 0 aromatic carbocycles. The quantitative estimate of drug-likeness (QED) is 0.909. The fourth-order valence-corrected chi connectivity index (χ4v) is 2.38. The second-order valence-electron chi connectivity index (χ2n) is 3.98. The predicted molar refractivity (Wildman–Crippen MR) is 73.7 cm³/mol. The number of thiazole rings is 1. The lowest BCUT2D eigenvalue weighted by Crippen LogP contribution is -2.30. The molecule has 6 nitrogen and oxygen atoms in total. The van der Waals surface area contributed by atoms with Gasteiger partial charge in [0, 0.05) is 18.1 Å². The van der Waals surface area contributed by atoms with Gasteiger partial charge in [0.2, 0.25) is 0 Å². The standard InChI is InChI=1S/C13H13N3O3S/c1-2-16(7-9-5-3-4-6-14-9)12(17)11-15-10(8-20-11)13(18)19/h3-6,8H,2,7H2,1H3,(H,18,19). The first kappa shape index (κ1) is 14.1. The Morgan fingerprint density at radius 2 is 2.20 bits per heavy atom. The van der Waals surface area contributed by atoms with E-state index in [1.54, 1.807) is 11.1 Å². The number of aromatic carboxylic acids is 1. The molecule has 2 aromatic rings. The first-order valence-corrected chi connectivity index (χ1v) is 6.87. The average molecular weight is 291 g/mol. The summed E-state index contributed by atoms with van der Waals surface area (Å²) in [4.78, 5) is 32.6. The molecule has 0 fully saturated rings. The van der Waals surface area contributed by atoms with Crippen LogP contribution < -0.4 is 0 Å². The van der Waals surface area contributed by atoms with E-state index in [9.17, 15) is 9.59 Å². The van der Waals surface area contributed by atoms with Crippen molar-refractivity contribution in [2.75, 3.05) is 6.54 Å². The Morgan fingerprint density at radius 3 is 2.75 bits per heavy atom. The molecule has 1 N–H and O–H groups in total. The molecule has 0 spiro atoms. The number of carboxylic acids is 1. The van der Waals surface area contributed by atoms with Gasteiger partial charge in [0.15, 0.2) is 10.7 Å². The Bertz CT molecular complexity index is 612. The smallest absolute Gasteiger partial charge is 0.355 e. The van der Waals surface area contributed by atoms with Crippen molar-refractivity contribution in [2.24, 2.45) is 0 Å². The Kier molecular flexibility index (Phi) is 4.41. The number of nitrogens with zero attached hydrogens (tertiary/aromatic N) is 3. The van der Waals surface area contributed by atoms with Gasteiger partial charge in [0.25, 0.3) is 5.91 Å². The summed E-state index contributed by atoms with van der Waals surface area (Å²) in [6.45, 7) is 2.72. The van der Waals surface area contributed by atoms with Gasteiger partial charge in [-0.1, -0.05) is 6.07 Å². The van der Waals surface area contributed by atoms with Gasteiger partial charge in [-0.15, -0.1) is 11.3 Å². The highest BCUT2D eigenvalue weighted by Gasteiger charge is 2.20. The highest BCUT2D eigenvalue weighted by Crippen LogP contribution is 2.14. The largest absolute Gasteiger partial charge is 0.476 e. The van der Waals surface area contributed by atoms with Crippen molar-refractivity contribution in [3.05, 3.63) is 46.2 Å². The molecule has 0 aliphatic heterocycles. The van der Waals surface area contributed by atoms with Crippen molar-refractivity contribution >= 4 is 23.2 Å². The summed E-state index contributed by atoms with van der Waals surface area (Å²) in [5, 5.41) is 10.4. The molecule has 0 bridgehead atoms. The number of hydrogen-bond acceptors (Lipinski definition) is 5. The van der Waals surface area contributed by atoms with E-state index in [4.69, 9.17) is 5.11 Å². The van der Waals surface area contributed by atoms with Crippen LogP contribution in [0.15, 0.2) is 29.8 Å². The highest BCUT2D eigenvalue weighted by molar-refractivity contribution is 7.11. The summed E-state index contributed by atoms with van der Waals surface area (Å²) in [7, 11) is 0. The fourth-order valence-electron chi connectivity index (χ4n) is 1.62. The molecule has 0 unspecified atom stereocenters. The zero-order valence-electron chi connectivity index (χ0n) is 10.8. The van der Waals surface area contributed by atoms with Crippen LogP contribution in [-0.4, -0.2) is 38.4 Å². The number of carboxylic acid groups (broad SMARTS) is 1. The Morgan fingerprint density at radius 1 is 1.40 bits per heavy atom. The van der Waals surface area contributed by atoms with Crippen LogP contribution in [0.4, 0.5) is 0 Å². The Hall–Kier alpha value is -2.28. The number of hydrogen-bond donors (Lipinski definition) is 1. The van der Waals surface area contributed by atoms with Gasteiger partial charge in [-0.2, -0.15) is 0 Å². The molecule has 0 aliphatic carbocycles. The summed E-state index contributed by atoms with van der Waals surface area (Å²) in [6.07, 6.45) is 1.67. The zero-order valence-corrected chi connectivity index (χ0v) is 11.6. The summed E-state index contributed by atoms with van der Waals surface area (Å²) >= 11 is 1.04. The maximum Gasteiger partial charge on any atom is 0.355 e. The molecule has 0 saturated carbocycles. The van der Waals surface area contributed by atoms with E-state index < -0.39 is 5.97 Å². The van der Waals surface area contributed by atoms with Crippen LogP contribution in [0, 0.1) is 0 Å². The van der Waals surface area contributed by atoms with Crippen molar-refractivity contribution < 1.29 is 14.7 Å². The minimum absolute atomic E-state index is 0.104. The normalized spacial score (nSPS) is 10.2. The predicted octanol–water partition coefficient (Wildman–Crippen LogP) is 1.90. The SMILES string of the molecule is CCN(Cc1ccccn1)C(=O)c1nc(C(=O)O)cs1. The third-order valence-electron chi connectivity index (χ3n) is 2.65. The molecule has 104 valence electrons. The topological polar surface area (TPSA) is 83.4 Å². The zero-order chi connectivity index (χ0) is 14.5. The van der Waals surface area contributed by atoms with Crippen LogP contribution in [0.3, 0.4) is 0 Å². The molecule has 0 saturated heterocycles. The van der Waals surface area contributed by atoms with E-state index >= 15 is 0 Å². The average Bonchev–Trinajstić information content (AvgIpc) is 2.95. The monoisotopic (exact) mass is 291 g/mol. The lowest BCUT2D eigenvalue weighted by Gasteiger charge is -2.18. The fraction of sp³-hybridized carbons (Fsp3) is 0.231. The van der Waals surface area contributed by atoms with Crippen LogP contribution in [0.25, 0.3) is 0 Å². The maximum atomic E-state index is 12.3. The van der Waals surface area contributed by atoms with Crippen LogP contribution in [0.5, 0.6) is 0 Å². The highest BCUT2D eigenvalue weighted by atomic mass is 32.1. The van der Waals surface area contributed by atoms with Crippen LogP contribution in [-0.2, 0) is 6.54 Å². The molecule has 2 aromatic heterocycles. The van der Waals surface area contributed by atoms with Gasteiger partial charge in [-0.25, -0.2) is 9.78 Å². The summed E-state index contributed by atoms with van der Waals surface area (Å²) < 4.78 is 0. The Balaban J connectivity index is 2.14. The number of aromatic nitrogens is 2. The molecule has 0 aliphatic rings. The van der Waals surface area contributed by atoms with Crippen molar-refractivity contribution in [3.63, 3.8) is 0 Å². The number of amides is 1. The number of pyridine rings is 1. The Labute approximate surface area is 119 Å². The lowest BCUT2D eigenvalue weighted by molar-refractivity contribution is 0.0691. The van der Waals surface area contributed by atoms with Gasteiger partial charge in [-0.05, 0) is 19.1 Å². The van der Waals surface area contributed by atoms with E-state index in [0.29, 0.717) is 13.1 Å². The molecule has 0 atom stereocenters. The molecule has 7 heteroatoms. The lowest BCUT2D eigenvalue weighted by atomic mass is 10.3. The maximum absolute atomic E-state index is 12.3. The number of carbonyl (C=O) groups is 2. The molecule has 2 heterocycles. The van der Waals surface area contributed by atoms with Gasteiger partial charge < -0.3 is 10.0 Å². The minimum atomic E-state index is -1.13. The van der Waals surface area contributed by atoms with Gasteiger partial charge in [0.1, 0.15) is 0 Å². The molecule has 20 heavy (non-hydrogen) atoms. The molecule has 0 radical (unpaired) electrons. The molecule has 2 rings (SSSR count). The third-order valence-corrected chi connectivity index (χ3v) is 3.48. The van der Waals surface area contributed by atoms with E-state index in [0.717, 1.165) is 17.0 Å². The van der Waals surface area contributed by atoms with E-state index in [-0.39, 0.29) is 16.6 Å². The van der Waals surface area contributed by atoms with E-state index in [1.165, 1.54) is 5.38 Å². The van der Waals surface area contributed by atoms with E-state index in [1.807, 2.05) is 25.1 Å². The summed E-state index contributed by atoms with van der Waals surface area (Å²) in [5.41, 5.74) is 0.671. The van der Waals surface area contributed by atoms with Crippen molar-refractivity contribution in [3.8, 4) is 0 Å². The van der Waals surface area contributed by atoms with Crippen LogP contribution in [0.2, 0.25) is 0 Å².